The zero-order valence-electron chi connectivity index (χ0n) is 10.9. The molecule has 19 heavy (non-hydrogen) atoms. The summed E-state index contributed by atoms with van der Waals surface area (Å²) >= 11 is 5.06. The van der Waals surface area contributed by atoms with Crippen molar-refractivity contribution in [2.24, 2.45) is 11.7 Å². The van der Waals surface area contributed by atoms with Crippen LogP contribution in [0, 0.1) is 5.92 Å². The van der Waals surface area contributed by atoms with E-state index in [1.807, 2.05) is 6.07 Å². The maximum atomic E-state index is 11.6. The van der Waals surface area contributed by atoms with Crippen LogP contribution in [0.15, 0.2) is 18.5 Å². The van der Waals surface area contributed by atoms with Gasteiger partial charge in [0.2, 0.25) is 5.91 Å². The molecule has 3 N–H and O–H groups in total. The predicted molar refractivity (Wildman–Crippen MR) is 79.1 cm³/mol. The van der Waals surface area contributed by atoms with E-state index in [0.29, 0.717) is 4.99 Å². The molecular formula is C13H18N4OS. The Kier molecular flexibility index (Phi) is 4.31. The highest BCUT2D eigenvalue weighted by Gasteiger charge is 2.25. The van der Waals surface area contributed by atoms with Crippen molar-refractivity contribution in [1.82, 2.24) is 10.3 Å². The van der Waals surface area contributed by atoms with Crippen LogP contribution in [0.5, 0.6) is 0 Å². The normalized spacial score (nSPS) is 16.2. The van der Waals surface area contributed by atoms with Crippen LogP contribution < -0.4 is 16.0 Å². The van der Waals surface area contributed by atoms with E-state index < -0.39 is 0 Å². The molecule has 5 nitrogen and oxygen atoms in total. The molecule has 2 rings (SSSR count). The van der Waals surface area contributed by atoms with Crippen LogP contribution in [-0.2, 0) is 4.79 Å². The molecule has 2 heterocycles. The highest BCUT2D eigenvalue weighted by atomic mass is 32.1. The number of piperidine rings is 1. The zero-order valence-corrected chi connectivity index (χ0v) is 11.7. The van der Waals surface area contributed by atoms with Crippen LogP contribution in [0.1, 0.15) is 18.4 Å². The number of nitrogens with zero attached hydrogens (tertiary/aromatic N) is 2. The minimum atomic E-state index is 0.103. The summed E-state index contributed by atoms with van der Waals surface area (Å²) in [5.74, 6) is 0.228. The van der Waals surface area contributed by atoms with Crippen LogP contribution in [-0.4, -0.2) is 36.0 Å². The Morgan fingerprint density at radius 3 is 2.79 bits per heavy atom. The van der Waals surface area contributed by atoms with Crippen LogP contribution >= 0.6 is 12.2 Å². The summed E-state index contributed by atoms with van der Waals surface area (Å²) in [7, 11) is 1.68. The summed E-state index contributed by atoms with van der Waals surface area (Å²) in [6.45, 7) is 1.64. The summed E-state index contributed by atoms with van der Waals surface area (Å²) in [6.07, 6.45) is 5.15. The van der Waals surface area contributed by atoms with Crippen molar-refractivity contribution in [3.63, 3.8) is 0 Å². The standard InChI is InChI=1S/C13H18N4OS/c1-15-13(18)9-3-6-17(7-4-9)11-8-16-5-2-10(11)12(14)19/h2,5,8-9H,3-4,6-7H2,1H3,(H2,14,19)(H,15,18). The maximum absolute atomic E-state index is 11.6. The Labute approximate surface area is 118 Å². The molecule has 0 aliphatic carbocycles. The maximum Gasteiger partial charge on any atom is 0.222 e. The summed E-state index contributed by atoms with van der Waals surface area (Å²) in [5.41, 5.74) is 7.54. The fourth-order valence-corrected chi connectivity index (χ4v) is 2.61. The Morgan fingerprint density at radius 1 is 1.53 bits per heavy atom. The van der Waals surface area contributed by atoms with Gasteiger partial charge < -0.3 is 16.0 Å². The lowest BCUT2D eigenvalue weighted by molar-refractivity contribution is -0.125. The second kappa shape index (κ2) is 5.97. The quantitative estimate of drug-likeness (QED) is 0.796. The lowest BCUT2D eigenvalue weighted by atomic mass is 9.95. The van der Waals surface area contributed by atoms with Crippen molar-refractivity contribution in [3.05, 3.63) is 24.0 Å². The number of hydrogen-bond donors (Lipinski definition) is 2. The largest absolute Gasteiger partial charge is 0.389 e. The second-order valence-electron chi connectivity index (χ2n) is 4.63. The molecule has 1 aromatic heterocycles. The first-order valence-corrected chi connectivity index (χ1v) is 6.74. The number of nitrogens with one attached hydrogen (secondary N) is 1. The van der Waals surface area contributed by atoms with Crippen LogP contribution in [0.3, 0.4) is 0 Å². The minimum absolute atomic E-state index is 0.103. The van der Waals surface area contributed by atoms with E-state index in [-0.39, 0.29) is 11.8 Å². The monoisotopic (exact) mass is 278 g/mol. The summed E-state index contributed by atoms with van der Waals surface area (Å²) in [4.78, 5) is 18.3. The molecule has 0 radical (unpaired) electrons. The highest BCUT2D eigenvalue weighted by Crippen LogP contribution is 2.25. The number of amides is 1. The molecule has 0 spiro atoms. The van der Waals surface area contributed by atoms with E-state index in [2.05, 4.69) is 15.2 Å². The number of rotatable bonds is 3. The van der Waals surface area contributed by atoms with Crippen molar-refractivity contribution in [2.45, 2.75) is 12.8 Å². The number of aromatic nitrogens is 1. The van der Waals surface area contributed by atoms with Gasteiger partial charge in [-0.25, -0.2) is 0 Å². The van der Waals surface area contributed by atoms with Gasteiger partial charge in [0, 0.05) is 37.8 Å². The topological polar surface area (TPSA) is 71.2 Å². The molecule has 6 heteroatoms. The van der Waals surface area contributed by atoms with E-state index in [1.54, 1.807) is 19.4 Å². The summed E-state index contributed by atoms with van der Waals surface area (Å²) in [6, 6.07) is 1.84. The van der Waals surface area contributed by atoms with Gasteiger partial charge in [-0.1, -0.05) is 12.2 Å². The molecule has 1 amide bonds. The molecular weight excluding hydrogens is 260 g/mol. The number of hydrogen-bond acceptors (Lipinski definition) is 4. The Hall–Kier alpha value is -1.69. The highest BCUT2D eigenvalue weighted by molar-refractivity contribution is 7.80. The molecule has 0 saturated carbocycles. The van der Waals surface area contributed by atoms with E-state index in [1.165, 1.54) is 0 Å². The van der Waals surface area contributed by atoms with Gasteiger partial charge in [-0.2, -0.15) is 0 Å². The average molecular weight is 278 g/mol. The number of carbonyl (C=O) groups is 1. The smallest absolute Gasteiger partial charge is 0.222 e. The Bertz CT molecular complexity index is 483. The summed E-state index contributed by atoms with van der Waals surface area (Å²) < 4.78 is 0. The van der Waals surface area contributed by atoms with Gasteiger partial charge in [0.15, 0.2) is 0 Å². The van der Waals surface area contributed by atoms with Gasteiger partial charge in [-0.3, -0.25) is 9.78 Å². The predicted octanol–water partition coefficient (Wildman–Crippen LogP) is 0.678. The minimum Gasteiger partial charge on any atom is -0.389 e. The number of nitrogens with two attached hydrogens (primary N) is 1. The lowest BCUT2D eigenvalue weighted by Gasteiger charge is -2.33. The van der Waals surface area contributed by atoms with Crippen molar-refractivity contribution in [2.75, 3.05) is 25.0 Å². The SMILES string of the molecule is CNC(=O)C1CCN(c2cnccc2C(N)=S)CC1. The van der Waals surface area contributed by atoms with E-state index in [0.717, 1.165) is 37.2 Å². The fourth-order valence-electron chi connectivity index (χ4n) is 2.43. The Morgan fingerprint density at radius 2 is 2.21 bits per heavy atom. The third kappa shape index (κ3) is 3.01. The fraction of sp³-hybridized carbons (Fsp3) is 0.462. The molecule has 1 aromatic rings. The van der Waals surface area contributed by atoms with Gasteiger partial charge in [0.05, 0.1) is 11.9 Å². The van der Waals surface area contributed by atoms with Crippen molar-refractivity contribution in [3.8, 4) is 0 Å². The molecule has 102 valence electrons. The van der Waals surface area contributed by atoms with Gasteiger partial charge >= 0.3 is 0 Å². The second-order valence-corrected chi connectivity index (χ2v) is 5.07. The lowest BCUT2D eigenvalue weighted by Crippen LogP contribution is -2.40. The molecule has 1 saturated heterocycles. The molecule has 0 aromatic carbocycles. The molecule has 1 aliphatic rings. The first kappa shape index (κ1) is 13.7. The summed E-state index contributed by atoms with van der Waals surface area (Å²) in [5, 5.41) is 2.71. The first-order chi connectivity index (χ1) is 9.13. The van der Waals surface area contributed by atoms with E-state index >= 15 is 0 Å². The van der Waals surface area contributed by atoms with Gasteiger partial charge in [-0.05, 0) is 18.9 Å². The van der Waals surface area contributed by atoms with Crippen molar-refractivity contribution < 1.29 is 4.79 Å². The van der Waals surface area contributed by atoms with Crippen molar-refractivity contribution >= 4 is 28.8 Å². The van der Waals surface area contributed by atoms with Crippen LogP contribution in [0.2, 0.25) is 0 Å². The Balaban J connectivity index is 2.10. The third-order valence-corrected chi connectivity index (χ3v) is 3.74. The third-order valence-electron chi connectivity index (χ3n) is 3.52. The number of carbonyl (C=O) groups excluding carboxylic acids is 1. The van der Waals surface area contributed by atoms with E-state index in [4.69, 9.17) is 18.0 Å². The van der Waals surface area contributed by atoms with Gasteiger partial charge in [0.25, 0.3) is 0 Å². The molecule has 0 unspecified atom stereocenters. The van der Waals surface area contributed by atoms with Gasteiger partial charge in [-0.15, -0.1) is 0 Å². The average Bonchev–Trinajstić information content (AvgIpc) is 2.46. The number of thiocarbonyl (C=S) groups is 1. The molecule has 1 aliphatic heterocycles. The number of anilines is 1. The number of pyridine rings is 1. The first-order valence-electron chi connectivity index (χ1n) is 6.34. The van der Waals surface area contributed by atoms with Crippen LogP contribution in [0.25, 0.3) is 0 Å². The van der Waals surface area contributed by atoms with Crippen LogP contribution in [0.4, 0.5) is 5.69 Å². The van der Waals surface area contributed by atoms with Crippen molar-refractivity contribution in [1.29, 1.82) is 0 Å². The van der Waals surface area contributed by atoms with Gasteiger partial charge in [0.1, 0.15) is 4.99 Å². The van der Waals surface area contributed by atoms with E-state index in [9.17, 15) is 4.79 Å². The molecule has 0 atom stereocenters. The molecule has 0 bridgehead atoms. The zero-order chi connectivity index (χ0) is 13.8. The molecule has 1 fully saturated rings.